The molecule has 3 N–H and O–H groups in total. The molecule has 90 valence electrons. The average Bonchev–Trinajstić information content (AvgIpc) is 2.85. The van der Waals surface area contributed by atoms with Crippen LogP contribution in [0.1, 0.15) is 43.8 Å². The van der Waals surface area contributed by atoms with Crippen molar-refractivity contribution in [1.29, 1.82) is 0 Å². The number of hydrogen-bond acceptors (Lipinski definition) is 3. The highest BCUT2D eigenvalue weighted by Crippen LogP contribution is 2.49. The van der Waals surface area contributed by atoms with Crippen molar-refractivity contribution in [1.82, 2.24) is 0 Å². The zero-order valence-corrected chi connectivity index (χ0v) is 10.1. The van der Waals surface area contributed by atoms with Crippen LogP contribution in [0.3, 0.4) is 0 Å². The summed E-state index contributed by atoms with van der Waals surface area (Å²) in [6.45, 7) is 4.64. The molecule has 2 rings (SSSR count). The summed E-state index contributed by atoms with van der Waals surface area (Å²) in [7, 11) is 0. The lowest BCUT2D eigenvalue weighted by atomic mass is 9.78. The third kappa shape index (κ3) is 1.89. The molecule has 16 heavy (non-hydrogen) atoms. The molecule has 3 unspecified atom stereocenters. The first-order valence-corrected chi connectivity index (χ1v) is 6.02. The minimum atomic E-state index is -0.559. The van der Waals surface area contributed by atoms with Crippen LogP contribution in [0, 0.1) is 18.3 Å². The Labute approximate surface area is 96.6 Å². The molecule has 1 aliphatic rings. The molecule has 0 radical (unpaired) electrons. The Morgan fingerprint density at radius 2 is 2.38 bits per heavy atom. The van der Waals surface area contributed by atoms with E-state index >= 15 is 0 Å². The first-order chi connectivity index (χ1) is 7.57. The Balaban J connectivity index is 2.22. The fourth-order valence-electron chi connectivity index (χ4n) is 2.88. The van der Waals surface area contributed by atoms with Gasteiger partial charge in [-0.1, -0.05) is 13.3 Å². The smallest absolute Gasteiger partial charge is 0.133 e. The van der Waals surface area contributed by atoms with E-state index in [2.05, 4.69) is 6.92 Å². The lowest BCUT2D eigenvalue weighted by molar-refractivity contribution is 0.0137. The van der Waals surface area contributed by atoms with Gasteiger partial charge in [-0.15, -0.1) is 0 Å². The van der Waals surface area contributed by atoms with Gasteiger partial charge in [0.2, 0.25) is 0 Å². The van der Waals surface area contributed by atoms with Crippen LogP contribution >= 0.6 is 0 Å². The summed E-state index contributed by atoms with van der Waals surface area (Å²) in [5.74, 6) is 2.15. The standard InChI is InChI=1S/C13H21NO2/c1-9-5-6-13(7-9,8-14)12(15)11-4-3-10(2)16-11/h3-4,9,12,15H,5-8,14H2,1-2H3. The number of aryl methyl sites for hydroxylation is 1. The first kappa shape index (κ1) is 11.7. The number of aliphatic hydroxyl groups is 1. The van der Waals surface area contributed by atoms with E-state index < -0.39 is 6.10 Å². The van der Waals surface area contributed by atoms with Gasteiger partial charge in [0.1, 0.15) is 17.6 Å². The third-order valence-electron chi connectivity index (χ3n) is 3.91. The van der Waals surface area contributed by atoms with E-state index in [1.165, 1.54) is 0 Å². The predicted octanol–water partition coefficient (Wildman–Crippen LogP) is 2.39. The third-order valence-corrected chi connectivity index (χ3v) is 3.91. The molecule has 0 aliphatic heterocycles. The van der Waals surface area contributed by atoms with E-state index in [-0.39, 0.29) is 5.41 Å². The number of nitrogens with two attached hydrogens (primary N) is 1. The Kier molecular flexibility index (Phi) is 3.08. The predicted molar refractivity (Wildman–Crippen MR) is 62.9 cm³/mol. The average molecular weight is 223 g/mol. The number of aliphatic hydroxyl groups excluding tert-OH is 1. The quantitative estimate of drug-likeness (QED) is 0.827. The molecule has 0 aromatic carbocycles. The summed E-state index contributed by atoms with van der Waals surface area (Å²) in [6, 6.07) is 3.75. The fourth-order valence-corrected chi connectivity index (χ4v) is 2.88. The minimum absolute atomic E-state index is 0.177. The summed E-state index contributed by atoms with van der Waals surface area (Å²) in [6.07, 6.45) is 2.57. The van der Waals surface area contributed by atoms with Crippen molar-refractivity contribution in [2.75, 3.05) is 6.54 Å². The number of hydrogen-bond donors (Lipinski definition) is 2. The summed E-state index contributed by atoms with van der Waals surface area (Å²) in [4.78, 5) is 0. The summed E-state index contributed by atoms with van der Waals surface area (Å²) in [5.41, 5.74) is 5.70. The largest absolute Gasteiger partial charge is 0.464 e. The van der Waals surface area contributed by atoms with Crippen molar-refractivity contribution in [2.24, 2.45) is 17.1 Å². The molecular formula is C13H21NO2. The van der Waals surface area contributed by atoms with Crippen LogP contribution < -0.4 is 5.73 Å². The molecule has 1 heterocycles. The molecule has 0 amide bonds. The van der Waals surface area contributed by atoms with Crippen molar-refractivity contribution in [3.8, 4) is 0 Å². The van der Waals surface area contributed by atoms with E-state index in [0.717, 1.165) is 25.0 Å². The minimum Gasteiger partial charge on any atom is -0.464 e. The van der Waals surface area contributed by atoms with Crippen LogP contribution in [0.4, 0.5) is 0 Å². The van der Waals surface area contributed by atoms with Gasteiger partial charge in [-0.2, -0.15) is 0 Å². The highest BCUT2D eigenvalue weighted by Gasteiger charge is 2.44. The van der Waals surface area contributed by atoms with Gasteiger partial charge in [-0.05, 0) is 37.8 Å². The van der Waals surface area contributed by atoms with Crippen LogP contribution in [0.2, 0.25) is 0 Å². The van der Waals surface area contributed by atoms with Crippen LogP contribution in [0.25, 0.3) is 0 Å². The lowest BCUT2D eigenvalue weighted by Gasteiger charge is -2.32. The maximum atomic E-state index is 10.4. The number of furan rings is 1. The van der Waals surface area contributed by atoms with E-state index in [0.29, 0.717) is 18.2 Å². The van der Waals surface area contributed by atoms with Crippen LogP contribution in [-0.4, -0.2) is 11.7 Å². The van der Waals surface area contributed by atoms with Crippen molar-refractivity contribution >= 4 is 0 Å². The molecule has 0 saturated heterocycles. The van der Waals surface area contributed by atoms with Crippen LogP contribution in [-0.2, 0) is 0 Å². The Morgan fingerprint density at radius 3 is 2.81 bits per heavy atom. The van der Waals surface area contributed by atoms with Gasteiger partial charge in [0.05, 0.1) is 0 Å². The molecule has 1 aliphatic carbocycles. The second-order valence-corrected chi connectivity index (χ2v) is 5.27. The lowest BCUT2D eigenvalue weighted by Crippen LogP contribution is -2.34. The molecule has 1 aromatic rings. The van der Waals surface area contributed by atoms with Crippen molar-refractivity contribution in [3.63, 3.8) is 0 Å². The highest BCUT2D eigenvalue weighted by atomic mass is 16.4. The van der Waals surface area contributed by atoms with Gasteiger partial charge in [0.25, 0.3) is 0 Å². The zero-order valence-electron chi connectivity index (χ0n) is 10.1. The second kappa shape index (κ2) is 4.22. The zero-order chi connectivity index (χ0) is 11.8. The van der Waals surface area contributed by atoms with Crippen molar-refractivity contribution in [2.45, 2.75) is 39.2 Å². The SMILES string of the molecule is Cc1ccc(C(O)C2(CN)CCC(C)C2)o1. The maximum Gasteiger partial charge on any atom is 0.133 e. The second-order valence-electron chi connectivity index (χ2n) is 5.27. The Bertz CT molecular complexity index is 361. The summed E-state index contributed by atoms with van der Waals surface area (Å²) < 4.78 is 5.51. The monoisotopic (exact) mass is 223 g/mol. The van der Waals surface area contributed by atoms with Gasteiger partial charge in [0, 0.05) is 12.0 Å². The van der Waals surface area contributed by atoms with E-state index in [4.69, 9.17) is 10.2 Å². The molecular weight excluding hydrogens is 202 g/mol. The van der Waals surface area contributed by atoms with E-state index in [1.54, 1.807) is 0 Å². The molecule has 0 spiro atoms. The Morgan fingerprint density at radius 1 is 1.62 bits per heavy atom. The van der Waals surface area contributed by atoms with Gasteiger partial charge in [0.15, 0.2) is 0 Å². The molecule has 0 bridgehead atoms. The van der Waals surface area contributed by atoms with Crippen molar-refractivity contribution in [3.05, 3.63) is 23.7 Å². The fraction of sp³-hybridized carbons (Fsp3) is 0.692. The first-order valence-electron chi connectivity index (χ1n) is 6.02. The van der Waals surface area contributed by atoms with Gasteiger partial charge >= 0.3 is 0 Å². The molecule has 3 atom stereocenters. The van der Waals surface area contributed by atoms with Crippen LogP contribution in [0.15, 0.2) is 16.5 Å². The maximum absolute atomic E-state index is 10.4. The molecule has 1 saturated carbocycles. The summed E-state index contributed by atoms with van der Waals surface area (Å²) in [5, 5.41) is 10.4. The normalized spacial score (nSPS) is 31.9. The van der Waals surface area contributed by atoms with Gasteiger partial charge < -0.3 is 15.3 Å². The molecule has 3 nitrogen and oxygen atoms in total. The van der Waals surface area contributed by atoms with Gasteiger partial charge in [-0.25, -0.2) is 0 Å². The van der Waals surface area contributed by atoms with Gasteiger partial charge in [-0.3, -0.25) is 0 Å². The topological polar surface area (TPSA) is 59.4 Å². The molecule has 1 fully saturated rings. The highest BCUT2D eigenvalue weighted by molar-refractivity contribution is 5.12. The summed E-state index contributed by atoms with van der Waals surface area (Å²) >= 11 is 0. The molecule has 1 aromatic heterocycles. The number of rotatable bonds is 3. The van der Waals surface area contributed by atoms with Crippen molar-refractivity contribution < 1.29 is 9.52 Å². The van der Waals surface area contributed by atoms with E-state index in [1.807, 2.05) is 19.1 Å². The Hall–Kier alpha value is -0.800. The van der Waals surface area contributed by atoms with E-state index in [9.17, 15) is 5.11 Å². The van der Waals surface area contributed by atoms with Crippen LogP contribution in [0.5, 0.6) is 0 Å². The molecule has 3 heteroatoms.